The number of phenols is 1. The Morgan fingerprint density at radius 2 is 1.95 bits per heavy atom. The fraction of sp³-hybridized carbons (Fsp3) is 0.353. The molecule has 0 atom stereocenters. The number of hydrogen-bond donors (Lipinski definition) is 1. The average molecular weight is 285 g/mol. The number of benzene rings is 2. The lowest BCUT2D eigenvalue weighted by Gasteiger charge is -2.22. The second-order valence-corrected chi connectivity index (χ2v) is 5.44. The van der Waals surface area contributed by atoms with Crippen LogP contribution in [0.2, 0.25) is 0 Å². The molecule has 1 fully saturated rings. The van der Waals surface area contributed by atoms with Crippen molar-refractivity contribution in [3.8, 4) is 5.75 Å². The summed E-state index contributed by atoms with van der Waals surface area (Å²) in [6.07, 6.45) is 2.06. The van der Waals surface area contributed by atoms with Crippen LogP contribution in [0.4, 0.5) is 0 Å². The van der Waals surface area contributed by atoms with E-state index in [0.29, 0.717) is 24.8 Å². The van der Waals surface area contributed by atoms with Crippen molar-refractivity contribution in [3.05, 3.63) is 42.0 Å². The normalized spacial score (nSPS) is 14.3. The predicted molar refractivity (Wildman–Crippen MR) is 81.5 cm³/mol. The van der Waals surface area contributed by atoms with Crippen molar-refractivity contribution in [2.45, 2.75) is 18.9 Å². The van der Waals surface area contributed by atoms with Crippen LogP contribution in [0.3, 0.4) is 0 Å². The Bertz CT molecular complexity index is 664. The summed E-state index contributed by atoms with van der Waals surface area (Å²) in [4.78, 5) is 14.5. The number of carbonyl (C=O) groups excluding carboxylic acids is 1. The smallest absolute Gasteiger partial charge is 0.257 e. The number of fused-ring (bicyclic) bond motifs is 1. The van der Waals surface area contributed by atoms with Crippen LogP contribution in [0.25, 0.3) is 10.8 Å². The molecule has 0 radical (unpaired) electrons. The monoisotopic (exact) mass is 285 g/mol. The topological polar surface area (TPSA) is 49.8 Å². The third-order valence-corrected chi connectivity index (χ3v) is 3.88. The molecule has 0 heterocycles. The Morgan fingerprint density at radius 3 is 2.57 bits per heavy atom. The zero-order valence-electron chi connectivity index (χ0n) is 12.1. The minimum absolute atomic E-state index is 0.0433. The Kier molecular flexibility index (Phi) is 3.80. The van der Waals surface area contributed by atoms with Gasteiger partial charge >= 0.3 is 0 Å². The van der Waals surface area contributed by atoms with Crippen molar-refractivity contribution in [3.63, 3.8) is 0 Å². The number of aromatic hydroxyl groups is 1. The molecule has 0 aliphatic heterocycles. The highest BCUT2D eigenvalue weighted by Crippen LogP contribution is 2.31. The number of nitrogens with zero attached hydrogens (tertiary/aromatic N) is 1. The van der Waals surface area contributed by atoms with Gasteiger partial charge in [-0.15, -0.1) is 0 Å². The fourth-order valence-corrected chi connectivity index (χ4v) is 2.58. The molecule has 4 heteroatoms. The maximum Gasteiger partial charge on any atom is 0.257 e. The summed E-state index contributed by atoms with van der Waals surface area (Å²) in [5.41, 5.74) is 0.372. The molecule has 2 aromatic rings. The zero-order valence-corrected chi connectivity index (χ0v) is 12.1. The van der Waals surface area contributed by atoms with Crippen molar-refractivity contribution in [2.24, 2.45) is 0 Å². The number of hydrogen-bond acceptors (Lipinski definition) is 3. The van der Waals surface area contributed by atoms with Gasteiger partial charge in [-0.3, -0.25) is 4.79 Å². The first-order valence-corrected chi connectivity index (χ1v) is 7.22. The molecular formula is C17H19NO3. The minimum atomic E-state index is -0.113. The summed E-state index contributed by atoms with van der Waals surface area (Å²) in [6, 6.07) is 11.4. The lowest BCUT2D eigenvalue weighted by atomic mass is 10.0. The van der Waals surface area contributed by atoms with Crippen molar-refractivity contribution < 1.29 is 14.6 Å². The number of amides is 1. The van der Waals surface area contributed by atoms with Crippen molar-refractivity contribution in [1.29, 1.82) is 0 Å². The van der Waals surface area contributed by atoms with E-state index >= 15 is 0 Å². The lowest BCUT2D eigenvalue weighted by Crippen LogP contribution is -2.35. The summed E-state index contributed by atoms with van der Waals surface area (Å²) in [5.74, 6) is -0.0698. The summed E-state index contributed by atoms with van der Waals surface area (Å²) in [5, 5.41) is 12.1. The van der Waals surface area contributed by atoms with Gasteiger partial charge in [-0.05, 0) is 35.7 Å². The van der Waals surface area contributed by atoms with Gasteiger partial charge in [-0.25, -0.2) is 0 Å². The Balaban J connectivity index is 1.93. The lowest BCUT2D eigenvalue weighted by molar-refractivity contribution is 0.0677. The van der Waals surface area contributed by atoms with E-state index in [1.807, 2.05) is 29.2 Å². The number of carbonyl (C=O) groups is 1. The molecule has 1 amide bonds. The highest BCUT2D eigenvalue weighted by Gasteiger charge is 2.33. The van der Waals surface area contributed by atoms with Gasteiger partial charge in [0.15, 0.2) is 0 Å². The number of ether oxygens (including phenoxy) is 1. The average Bonchev–Trinajstić information content (AvgIpc) is 3.31. The maximum atomic E-state index is 12.7. The van der Waals surface area contributed by atoms with Gasteiger partial charge in [0.25, 0.3) is 5.91 Å². The molecule has 21 heavy (non-hydrogen) atoms. The first kappa shape index (κ1) is 13.9. The SMILES string of the molecule is COCCN(C(=O)c1cc2ccccc2cc1O)C1CC1. The van der Waals surface area contributed by atoms with Crippen LogP contribution in [-0.4, -0.2) is 42.2 Å². The molecule has 1 N–H and O–H groups in total. The molecule has 0 unspecified atom stereocenters. The molecule has 1 aliphatic rings. The number of phenolic OH excluding ortho intramolecular Hbond substituents is 1. The molecule has 0 spiro atoms. The minimum Gasteiger partial charge on any atom is -0.507 e. The van der Waals surface area contributed by atoms with Gasteiger partial charge in [-0.2, -0.15) is 0 Å². The van der Waals surface area contributed by atoms with Crippen LogP contribution in [0.15, 0.2) is 36.4 Å². The Labute approximate surface area is 123 Å². The predicted octanol–water partition coefficient (Wildman–Crippen LogP) is 2.80. The van der Waals surface area contributed by atoms with E-state index in [4.69, 9.17) is 4.74 Å². The summed E-state index contributed by atoms with van der Waals surface area (Å²) in [7, 11) is 1.63. The van der Waals surface area contributed by atoms with E-state index in [0.717, 1.165) is 23.6 Å². The standard InChI is InChI=1S/C17H19NO3/c1-21-9-8-18(14-6-7-14)17(20)15-10-12-4-2-3-5-13(12)11-16(15)19/h2-5,10-11,14,19H,6-9H2,1H3. The van der Waals surface area contributed by atoms with Gasteiger partial charge in [-0.1, -0.05) is 24.3 Å². The van der Waals surface area contributed by atoms with Crippen LogP contribution in [0.1, 0.15) is 23.2 Å². The third kappa shape index (κ3) is 2.85. The van der Waals surface area contributed by atoms with Gasteiger partial charge < -0.3 is 14.7 Å². The summed E-state index contributed by atoms with van der Waals surface area (Å²) >= 11 is 0. The van der Waals surface area contributed by atoms with E-state index < -0.39 is 0 Å². The first-order chi connectivity index (χ1) is 10.2. The highest BCUT2D eigenvalue weighted by atomic mass is 16.5. The van der Waals surface area contributed by atoms with Crippen LogP contribution in [-0.2, 0) is 4.74 Å². The molecule has 110 valence electrons. The van der Waals surface area contributed by atoms with Gasteiger partial charge in [0.2, 0.25) is 0 Å². The molecule has 4 nitrogen and oxygen atoms in total. The second-order valence-electron chi connectivity index (χ2n) is 5.44. The van der Waals surface area contributed by atoms with Crippen LogP contribution >= 0.6 is 0 Å². The number of methoxy groups -OCH3 is 1. The molecule has 1 saturated carbocycles. The van der Waals surface area contributed by atoms with Crippen LogP contribution < -0.4 is 0 Å². The molecule has 1 aliphatic carbocycles. The van der Waals surface area contributed by atoms with Gasteiger partial charge in [0, 0.05) is 19.7 Å². The van der Waals surface area contributed by atoms with Crippen molar-refractivity contribution >= 4 is 16.7 Å². The van der Waals surface area contributed by atoms with Crippen LogP contribution in [0, 0.1) is 0 Å². The second kappa shape index (κ2) is 5.74. The highest BCUT2D eigenvalue weighted by molar-refractivity contribution is 6.01. The fourth-order valence-electron chi connectivity index (χ4n) is 2.58. The molecule has 2 aromatic carbocycles. The van der Waals surface area contributed by atoms with E-state index in [2.05, 4.69) is 0 Å². The number of rotatable bonds is 5. The third-order valence-electron chi connectivity index (χ3n) is 3.88. The molecular weight excluding hydrogens is 266 g/mol. The molecule has 0 bridgehead atoms. The Morgan fingerprint density at radius 1 is 1.29 bits per heavy atom. The summed E-state index contributed by atoms with van der Waals surface area (Å²) < 4.78 is 5.08. The van der Waals surface area contributed by atoms with E-state index in [9.17, 15) is 9.90 Å². The molecule has 0 saturated heterocycles. The van der Waals surface area contributed by atoms with E-state index in [-0.39, 0.29) is 11.7 Å². The van der Waals surface area contributed by atoms with Crippen LogP contribution in [0.5, 0.6) is 5.75 Å². The largest absolute Gasteiger partial charge is 0.507 e. The van der Waals surface area contributed by atoms with Gasteiger partial charge in [0.1, 0.15) is 5.75 Å². The van der Waals surface area contributed by atoms with E-state index in [1.54, 1.807) is 19.2 Å². The quantitative estimate of drug-likeness (QED) is 0.919. The van der Waals surface area contributed by atoms with Crippen molar-refractivity contribution in [1.82, 2.24) is 4.90 Å². The zero-order chi connectivity index (χ0) is 14.8. The molecule has 0 aromatic heterocycles. The Hall–Kier alpha value is -2.07. The summed E-state index contributed by atoms with van der Waals surface area (Å²) in [6.45, 7) is 1.07. The maximum absolute atomic E-state index is 12.7. The first-order valence-electron chi connectivity index (χ1n) is 7.22. The van der Waals surface area contributed by atoms with E-state index in [1.165, 1.54) is 0 Å². The van der Waals surface area contributed by atoms with Gasteiger partial charge in [0.05, 0.1) is 12.2 Å². The van der Waals surface area contributed by atoms with Crippen molar-refractivity contribution in [2.75, 3.05) is 20.3 Å². The molecule has 3 rings (SSSR count).